The lowest BCUT2D eigenvalue weighted by molar-refractivity contribution is -0.120. The van der Waals surface area contributed by atoms with Crippen molar-refractivity contribution in [2.24, 2.45) is 11.8 Å². The number of allylic oxidation sites excluding steroid dienone is 3. The van der Waals surface area contributed by atoms with Gasteiger partial charge in [0.25, 0.3) is 0 Å². The standard InChI is InChI=1S/C24H33NO4/c1-25-24(29)12-8-3-2-7-11-20-21(23(28)17-22(20)27)16-15-19(26)14-13-18-9-5-4-6-10-18/h2,4-7,9-10,15-16,20-23,27-28H,3,8,11-14,17H2,1H3,(H,25,29)/b7-2-,16-15+/t20-,21-,22+,23-/m1/s1. The maximum atomic E-state index is 12.2. The number of hydrogen-bond donors (Lipinski definition) is 3. The lowest BCUT2D eigenvalue weighted by Crippen LogP contribution is -2.20. The predicted molar refractivity (Wildman–Crippen MR) is 114 cm³/mol. The molecule has 1 aromatic rings. The number of rotatable bonds is 11. The van der Waals surface area contributed by atoms with Crippen molar-refractivity contribution < 1.29 is 19.8 Å². The molecule has 0 bridgehead atoms. The second-order valence-electron chi connectivity index (χ2n) is 7.70. The first-order valence-corrected chi connectivity index (χ1v) is 10.5. The maximum absolute atomic E-state index is 12.2. The molecule has 1 fully saturated rings. The number of unbranched alkanes of at least 4 members (excludes halogenated alkanes) is 1. The fourth-order valence-corrected chi connectivity index (χ4v) is 3.80. The van der Waals surface area contributed by atoms with E-state index in [0.29, 0.717) is 32.1 Å². The van der Waals surface area contributed by atoms with Crippen LogP contribution in [-0.2, 0) is 16.0 Å². The number of benzene rings is 1. The molecule has 1 saturated carbocycles. The Morgan fingerprint density at radius 2 is 1.86 bits per heavy atom. The summed E-state index contributed by atoms with van der Waals surface area (Å²) in [5.74, 6) is -0.250. The normalized spacial score (nSPS) is 24.4. The molecule has 29 heavy (non-hydrogen) atoms. The lowest BCUT2D eigenvalue weighted by atomic mass is 9.89. The third-order valence-corrected chi connectivity index (χ3v) is 5.55. The molecular formula is C24H33NO4. The first kappa shape index (κ1) is 23.0. The van der Waals surface area contributed by atoms with Crippen LogP contribution in [0.4, 0.5) is 0 Å². The van der Waals surface area contributed by atoms with E-state index in [1.54, 1.807) is 19.2 Å². The number of aliphatic hydroxyl groups is 2. The number of carbonyl (C=O) groups is 2. The summed E-state index contributed by atoms with van der Waals surface area (Å²) in [6.07, 6.45) is 10.4. The van der Waals surface area contributed by atoms with Crippen molar-refractivity contribution in [3.63, 3.8) is 0 Å². The Hall–Kier alpha value is -2.24. The molecule has 5 heteroatoms. The highest BCUT2D eigenvalue weighted by Gasteiger charge is 2.39. The Balaban J connectivity index is 1.81. The van der Waals surface area contributed by atoms with Gasteiger partial charge in [-0.25, -0.2) is 0 Å². The lowest BCUT2D eigenvalue weighted by Gasteiger charge is -2.19. The molecule has 0 spiro atoms. The minimum atomic E-state index is -0.630. The summed E-state index contributed by atoms with van der Waals surface area (Å²) in [4.78, 5) is 23.4. The van der Waals surface area contributed by atoms with Gasteiger partial charge in [0.05, 0.1) is 12.2 Å². The number of amides is 1. The van der Waals surface area contributed by atoms with Gasteiger partial charge in [-0.15, -0.1) is 0 Å². The Morgan fingerprint density at radius 3 is 2.59 bits per heavy atom. The van der Waals surface area contributed by atoms with Crippen LogP contribution < -0.4 is 5.32 Å². The summed E-state index contributed by atoms with van der Waals surface area (Å²) < 4.78 is 0. The van der Waals surface area contributed by atoms with Crippen LogP contribution in [0.25, 0.3) is 0 Å². The molecule has 1 aliphatic carbocycles. The van der Waals surface area contributed by atoms with E-state index in [1.807, 2.05) is 42.5 Å². The van der Waals surface area contributed by atoms with Crippen molar-refractivity contribution >= 4 is 11.7 Å². The zero-order valence-corrected chi connectivity index (χ0v) is 17.2. The molecule has 0 unspecified atom stereocenters. The molecule has 1 aromatic carbocycles. The van der Waals surface area contributed by atoms with Crippen molar-refractivity contribution in [2.75, 3.05) is 7.05 Å². The van der Waals surface area contributed by atoms with Gasteiger partial charge in [-0.05, 0) is 43.2 Å². The molecule has 3 N–H and O–H groups in total. The van der Waals surface area contributed by atoms with Gasteiger partial charge < -0.3 is 15.5 Å². The number of nitrogens with one attached hydrogen (secondary N) is 1. The minimum absolute atomic E-state index is 0.0333. The van der Waals surface area contributed by atoms with Crippen LogP contribution in [0, 0.1) is 11.8 Å². The van der Waals surface area contributed by atoms with E-state index in [-0.39, 0.29) is 23.5 Å². The van der Waals surface area contributed by atoms with Crippen molar-refractivity contribution in [2.45, 2.75) is 57.2 Å². The van der Waals surface area contributed by atoms with Gasteiger partial charge in [0.2, 0.25) is 5.91 Å². The molecular weight excluding hydrogens is 366 g/mol. The van der Waals surface area contributed by atoms with Crippen molar-refractivity contribution in [1.82, 2.24) is 5.32 Å². The van der Waals surface area contributed by atoms with Crippen molar-refractivity contribution in [3.8, 4) is 0 Å². The van der Waals surface area contributed by atoms with E-state index < -0.39 is 12.2 Å². The molecule has 0 heterocycles. The van der Waals surface area contributed by atoms with Crippen LogP contribution in [-0.4, -0.2) is 41.2 Å². The van der Waals surface area contributed by atoms with Crippen LogP contribution >= 0.6 is 0 Å². The van der Waals surface area contributed by atoms with Gasteiger partial charge in [0.15, 0.2) is 5.78 Å². The number of hydrogen-bond acceptors (Lipinski definition) is 4. The van der Waals surface area contributed by atoms with Gasteiger partial charge in [-0.3, -0.25) is 9.59 Å². The Bertz CT molecular complexity index is 698. The molecule has 0 saturated heterocycles. The maximum Gasteiger partial charge on any atom is 0.219 e. The average Bonchev–Trinajstić information content (AvgIpc) is 3.00. The van der Waals surface area contributed by atoms with Crippen molar-refractivity contribution in [3.05, 3.63) is 60.2 Å². The summed E-state index contributed by atoms with van der Waals surface area (Å²) in [7, 11) is 1.63. The molecule has 2 rings (SSSR count). The summed E-state index contributed by atoms with van der Waals surface area (Å²) >= 11 is 0. The van der Waals surface area contributed by atoms with E-state index in [0.717, 1.165) is 18.4 Å². The molecule has 1 amide bonds. The smallest absolute Gasteiger partial charge is 0.219 e. The van der Waals surface area contributed by atoms with E-state index >= 15 is 0 Å². The van der Waals surface area contributed by atoms with Crippen LogP contribution in [0.5, 0.6) is 0 Å². The quantitative estimate of drug-likeness (QED) is 0.303. The first-order valence-electron chi connectivity index (χ1n) is 10.5. The fraction of sp³-hybridized carbons (Fsp3) is 0.500. The number of ketones is 1. The third kappa shape index (κ3) is 7.95. The second kappa shape index (κ2) is 12.3. The van der Waals surface area contributed by atoms with E-state index in [2.05, 4.69) is 5.32 Å². The highest BCUT2D eigenvalue weighted by Crippen LogP contribution is 2.36. The number of aliphatic hydroxyl groups excluding tert-OH is 2. The summed E-state index contributed by atoms with van der Waals surface area (Å²) in [6.45, 7) is 0. The third-order valence-electron chi connectivity index (χ3n) is 5.55. The average molecular weight is 400 g/mol. The molecule has 4 atom stereocenters. The molecule has 0 aliphatic heterocycles. The monoisotopic (exact) mass is 399 g/mol. The van der Waals surface area contributed by atoms with Crippen LogP contribution in [0.15, 0.2) is 54.6 Å². The fourth-order valence-electron chi connectivity index (χ4n) is 3.80. The van der Waals surface area contributed by atoms with E-state index in [9.17, 15) is 19.8 Å². The highest BCUT2D eigenvalue weighted by molar-refractivity contribution is 5.89. The number of carbonyl (C=O) groups excluding carboxylic acids is 2. The zero-order valence-electron chi connectivity index (χ0n) is 17.2. The minimum Gasteiger partial charge on any atom is -0.393 e. The van der Waals surface area contributed by atoms with Crippen LogP contribution in [0.3, 0.4) is 0 Å². The van der Waals surface area contributed by atoms with E-state index in [1.165, 1.54) is 0 Å². The summed E-state index contributed by atoms with van der Waals surface area (Å²) in [5.41, 5.74) is 1.13. The Morgan fingerprint density at radius 1 is 1.10 bits per heavy atom. The molecule has 5 nitrogen and oxygen atoms in total. The van der Waals surface area contributed by atoms with Crippen LogP contribution in [0.2, 0.25) is 0 Å². The van der Waals surface area contributed by atoms with Crippen LogP contribution in [0.1, 0.15) is 44.1 Å². The van der Waals surface area contributed by atoms with Gasteiger partial charge in [-0.2, -0.15) is 0 Å². The second-order valence-corrected chi connectivity index (χ2v) is 7.70. The Kier molecular flexibility index (Phi) is 9.81. The molecule has 0 radical (unpaired) electrons. The molecule has 1 aliphatic rings. The highest BCUT2D eigenvalue weighted by atomic mass is 16.3. The van der Waals surface area contributed by atoms with Gasteiger partial charge in [-0.1, -0.05) is 48.6 Å². The predicted octanol–water partition coefficient (Wildman–Crippen LogP) is 2.97. The Labute approximate surface area is 173 Å². The zero-order chi connectivity index (χ0) is 21.1. The van der Waals surface area contributed by atoms with Crippen molar-refractivity contribution in [1.29, 1.82) is 0 Å². The van der Waals surface area contributed by atoms with E-state index in [4.69, 9.17) is 0 Å². The molecule has 0 aromatic heterocycles. The topological polar surface area (TPSA) is 86.6 Å². The summed E-state index contributed by atoms with van der Waals surface area (Å²) in [5, 5.41) is 23.2. The van der Waals surface area contributed by atoms with Gasteiger partial charge in [0.1, 0.15) is 0 Å². The van der Waals surface area contributed by atoms with Gasteiger partial charge in [0, 0.05) is 32.2 Å². The van der Waals surface area contributed by atoms with Gasteiger partial charge >= 0.3 is 0 Å². The SMILES string of the molecule is CNC(=O)CCC/C=C\C[C@@H]1[C@@H](/C=C/C(=O)CCc2ccccc2)[C@H](O)C[C@@H]1O. The molecule has 158 valence electrons. The first-order chi connectivity index (χ1) is 14.0. The number of aryl methyl sites for hydroxylation is 1. The summed E-state index contributed by atoms with van der Waals surface area (Å²) in [6, 6.07) is 9.88. The largest absolute Gasteiger partial charge is 0.393 e.